The average molecular weight is 239 g/mol. The number of piperidine rings is 1. The molecule has 1 heterocycles. The molecule has 2 rings (SSSR count). The van der Waals surface area contributed by atoms with Gasteiger partial charge >= 0.3 is 0 Å². The van der Waals surface area contributed by atoms with E-state index in [9.17, 15) is 0 Å². The highest BCUT2D eigenvalue weighted by atomic mass is 35.5. The molecule has 2 nitrogen and oxygen atoms in total. The molecule has 1 aliphatic rings. The quantitative estimate of drug-likeness (QED) is 0.846. The van der Waals surface area contributed by atoms with Crippen LogP contribution in [0, 0.1) is 12.8 Å². The fraction of sp³-hybridized carbons (Fsp3) is 0.538. The number of rotatable bonds is 3. The van der Waals surface area contributed by atoms with Crippen LogP contribution in [0.5, 0.6) is 0 Å². The zero-order valence-electron chi connectivity index (χ0n) is 9.72. The van der Waals surface area contributed by atoms with Crippen LogP contribution in [0.15, 0.2) is 18.2 Å². The third kappa shape index (κ3) is 3.13. The molecule has 0 amide bonds. The molecule has 0 spiro atoms. The lowest BCUT2D eigenvalue weighted by Crippen LogP contribution is -2.31. The van der Waals surface area contributed by atoms with Crippen molar-refractivity contribution in [3.8, 4) is 0 Å². The summed E-state index contributed by atoms with van der Waals surface area (Å²) < 4.78 is 0. The molecule has 3 heteroatoms. The molecule has 0 unspecified atom stereocenters. The molecule has 88 valence electrons. The fourth-order valence-electron chi connectivity index (χ4n) is 2.10. The molecule has 1 aromatic carbocycles. The SMILES string of the molecule is Cc1cc(NCC2CCNCC2)ccc1Cl. The number of aryl methyl sites for hydroxylation is 1. The van der Waals surface area contributed by atoms with Gasteiger partial charge < -0.3 is 10.6 Å². The second-order valence-corrected chi connectivity index (χ2v) is 4.95. The lowest BCUT2D eigenvalue weighted by Gasteiger charge is -2.23. The molecule has 1 fully saturated rings. The van der Waals surface area contributed by atoms with Crippen molar-refractivity contribution in [1.29, 1.82) is 0 Å². The lowest BCUT2D eigenvalue weighted by molar-refractivity contribution is 0.390. The molecular weight excluding hydrogens is 220 g/mol. The Morgan fingerprint density at radius 3 is 2.81 bits per heavy atom. The smallest absolute Gasteiger partial charge is 0.0436 e. The van der Waals surface area contributed by atoms with Crippen molar-refractivity contribution in [2.45, 2.75) is 19.8 Å². The van der Waals surface area contributed by atoms with Crippen LogP contribution in [-0.2, 0) is 0 Å². The van der Waals surface area contributed by atoms with E-state index in [0.717, 1.165) is 36.1 Å². The Balaban J connectivity index is 1.86. The second kappa shape index (κ2) is 5.55. The van der Waals surface area contributed by atoms with Crippen molar-refractivity contribution in [3.05, 3.63) is 28.8 Å². The summed E-state index contributed by atoms with van der Waals surface area (Å²) >= 11 is 5.99. The van der Waals surface area contributed by atoms with E-state index < -0.39 is 0 Å². The molecule has 2 N–H and O–H groups in total. The van der Waals surface area contributed by atoms with Crippen molar-refractivity contribution in [2.75, 3.05) is 25.0 Å². The van der Waals surface area contributed by atoms with E-state index in [1.54, 1.807) is 0 Å². The zero-order valence-corrected chi connectivity index (χ0v) is 10.5. The highest BCUT2D eigenvalue weighted by Crippen LogP contribution is 2.20. The van der Waals surface area contributed by atoms with E-state index in [-0.39, 0.29) is 0 Å². The third-order valence-corrected chi connectivity index (χ3v) is 3.64. The molecule has 1 aromatic rings. The first kappa shape index (κ1) is 11.7. The number of nitrogens with one attached hydrogen (secondary N) is 2. The first-order valence-electron chi connectivity index (χ1n) is 5.96. The van der Waals surface area contributed by atoms with E-state index in [1.807, 2.05) is 13.0 Å². The van der Waals surface area contributed by atoms with Gasteiger partial charge in [0.25, 0.3) is 0 Å². The van der Waals surface area contributed by atoms with Gasteiger partial charge in [-0.3, -0.25) is 0 Å². The van der Waals surface area contributed by atoms with Crippen LogP contribution in [-0.4, -0.2) is 19.6 Å². The van der Waals surface area contributed by atoms with Gasteiger partial charge in [-0.15, -0.1) is 0 Å². The molecule has 0 saturated carbocycles. The van der Waals surface area contributed by atoms with Crippen molar-refractivity contribution >= 4 is 17.3 Å². The molecule has 0 aromatic heterocycles. The minimum atomic E-state index is 0.803. The van der Waals surface area contributed by atoms with Crippen LogP contribution in [0.1, 0.15) is 18.4 Å². The van der Waals surface area contributed by atoms with Gasteiger partial charge in [0.15, 0.2) is 0 Å². The second-order valence-electron chi connectivity index (χ2n) is 4.54. The van der Waals surface area contributed by atoms with Crippen LogP contribution in [0.25, 0.3) is 0 Å². The maximum Gasteiger partial charge on any atom is 0.0436 e. The third-order valence-electron chi connectivity index (χ3n) is 3.21. The van der Waals surface area contributed by atoms with Crippen molar-refractivity contribution in [1.82, 2.24) is 5.32 Å². The number of halogens is 1. The summed E-state index contributed by atoms with van der Waals surface area (Å²) in [6.07, 6.45) is 2.55. The summed E-state index contributed by atoms with van der Waals surface area (Å²) in [6.45, 7) is 5.43. The van der Waals surface area contributed by atoms with Crippen LogP contribution in [0.4, 0.5) is 5.69 Å². The molecule has 16 heavy (non-hydrogen) atoms. The van der Waals surface area contributed by atoms with Gasteiger partial charge in [0.1, 0.15) is 0 Å². The number of hydrogen-bond acceptors (Lipinski definition) is 2. The van der Waals surface area contributed by atoms with Crippen LogP contribution in [0.3, 0.4) is 0 Å². The summed E-state index contributed by atoms with van der Waals surface area (Å²) in [7, 11) is 0. The first-order chi connectivity index (χ1) is 7.75. The molecule has 0 aliphatic carbocycles. The summed E-state index contributed by atoms with van der Waals surface area (Å²) in [5, 5.41) is 7.72. The number of anilines is 1. The predicted molar refractivity (Wildman–Crippen MR) is 70.3 cm³/mol. The van der Waals surface area contributed by atoms with Gasteiger partial charge in [0.05, 0.1) is 0 Å². The molecule has 0 atom stereocenters. The maximum atomic E-state index is 5.99. The van der Waals surface area contributed by atoms with Crippen LogP contribution >= 0.6 is 11.6 Å². The Bertz CT molecular complexity index is 346. The van der Waals surface area contributed by atoms with Gasteiger partial charge in [-0.05, 0) is 62.5 Å². The Labute approximate surface area is 102 Å². The van der Waals surface area contributed by atoms with Gasteiger partial charge in [-0.25, -0.2) is 0 Å². The first-order valence-corrected chi connectivity index (χ1v) is 6.34. The molecular formula is C13H19ClN2. The Hall–Kier alpha value is -0.730. The summed E-state index contributed by atoms with van der Waals surface area (Å²) in [6, 6.07) is 6.13. The maximum absolute atomic E-state index is 5.99. The largest absolute Gasteiger partial charge is 0.385 e. The Morgan fingerprint density at radius 1 is 1.38 bits per heavy atom. The minimum absolute atomic E-state index is 0.803. The molecule has 1 saturated heterocycles. The summed E-state index contributed by atoms with van der Waals surface area (Å²) in [5.41, 5.74) is 2.32. The Kier molecular flexibility index (Phi) is 4.08. The lowest BCUT2D eigenvalue weighted by atomic mass is 9.98. The van der Waals surface area contributed by atoms with Gasteiger partial charge in [0.2, 0.25) is 0 Å². The summed E-state index contributed by atoms with van der Waals surface area (Å²) in [4.78, 5) is 0. The molecule has 0 bridgehead atoms. The van der Waals surface area contributed by atoms with E-state index in [1.165, 1.54) is 18.5 Å². The van der Waals surface area contributed by atoms with Crippen LogP contribution < -0.4 is 10.6 Å². The van der Waals surface area contributed by atoms with E-state index in [0.29, 0.717) is 0 Å². The van der Waals surface area contributed by atoms with E-state index in [4.69, 9.17) is 11.6 Å². The highest BCUT2D eigenvalue weighted by Gasteiger charge is 2.12. The average Bonchev–Trinajstić information content (AvgIpc) is 2.32. The van der Waals surface area contributed by atoms with Gasteiger partial charge in [-0.1, -0.05) is 11.6 Å². The van der Waals surface area contributed by atoms with Crippen molar-refractivity contribution in [2.24, 2.45) is 5.92 Å². The molecule has 1 aliphatic heterocycles. The van der Waals surface area contributed by atoms with Gasteiger partial charge in [0, 0.05) is 17.3 Å². The van der Waals surface area contributed by atoms with Crippen LogP contribution in [0.2, 0.25) is 5.02 Å². The minimum Gasteiger partial charge on any atom is -0.385 e. The van der Waals surface area contributed by atoms with Crippen molar-refractivity contribution in [3.63, 3.8) is 0 Å². The van der Waals surface area contributed by atoms with Gasteiger partial charge in [-0.2, -0.15) is 0 Å². The number of benzene rings is 1. The molecule has 0 radical (unpaired) electrons. The van der Waals surface area contributed by atoms with E-state index in [2.05, 4.69) is 22.8 Å². The predicted octanol–water partition coefficient (Wildman–Crippen LogP) is 3.06. The standard InChI is InChI=1S/C13H19ClN2/c1-10-8-12(2-3-13(10)14)16-9-11-4-6-15-7-5-11/h2-3,8,11,15-16H,4-7,9H2,1H3. The Morgan fingerprint density at radius 2 is 2.12 bits per heavy atom. The number of hydrogen-bond donors (Lipinski definition) is 2. The fourth-order valence-corrected chi connectivity index (χ4v) is 2.22. The zero-order chi connectivity index (χ0) is 11.4. The topological polar surface area (TPSA) is 24.1 Å². The summed E-state index contributed by atoms with van der Waals surface area (Å²) in [5.74, 6) is 0.803. The normalized spacial score (nSPS) is 17.4. The highest BCUT2D eigenvalue weighted by molar-refractivity contribution is 6.31. The van der Waals surface area contributed by atoms with Crippen molar-refractivity contribution < 1.29 is 0 Å². The van der Waals surface area contributed by atoms with E-state index >= 15 is 0 Å². The monoisotopic (exact) mass is 238 g/mol.